The molecule has 0 aromatic carbocycles. The summed E-state index contributed by atoms with van der Waals surface area (Å²) in [6.45, 7) is 15.3. The summed E-state index contributed by atoms with van der Waals surface area (Å²) in [6, 6.07) is 0. The molecule has 17 atom stereocenters. The molecule has 5 aliphatic heterocycles. The van der Waals surface area contributed by atoms with Gasteiger partial charge in [-0.2, -0.15) is 8.42 Å². The number of amides is 1. The van der Waals surface area contributed by atoms with Crippen LogP contribution in [-0.4, -0.2) is 126 Å². The molecule has 53 heavy (non-hydrogen) atoms. The molecule has 0 unspecified atom stereocenters. The molecule has 5 rings (SSSR count). The molecule has 0 aliphatic carbocycles. The van der Waals surface area contributed by atoms with Gasteiger partial charge in [0.05, 0.1) is 72.2 Å². The van der Waals surface area contributed by atoms with E-state index in [1.54, 1.807) is 6.92 Å². The van der Waals surface area contributed by atoms with Gasteiger partial charge in [-0.05, 0) is 57.3 Å². The smallest absolute Gasteiger partial charge is 0.266 e. The quantitative estimate of drug-likeness (QED) is 0.171. The average molecular weight is 778 g/mol. The topological polar surface area (TPSA) is 200 Å². The maximum Gasteiger partial charge on any atom is 0.266 e. The van der Waals surface area contributed by atoms with Crippen molar-refractivity contribution in [1.82, 2.24) is 5.32 Å². The molecule has 0 aromatic rings. The zero-order valence-corrected chi connectivity index (χ0v) is 34.0. The first kappa shape index (κ1) is 43.1. The van der Waals surface area contributed by atoms with E-state index in [2.05, 4.69) is 33.0 Å². The van der Waals surface area contributed by atoms with Crippen LogP contribution in [0.25, 0.3) is 0 Å². The number of ether oxygens (including phenoxy) is 6. The van der Waals surface area contributed by atoms with Crippen molar-refractivity contribution in [3.05, 3.63) is 0 Å². The average Bonchev–Trinajstić information content (AvgIpc) is 3.80. The molecule has 5 saturated heterocycles. The fraction of sp³-hybridized carbons (Fsp3) is 0.974. The third-order valence-corrected chi connectivity index (χ3v) is 14.4. The van der Waals surface area contributed by atoms with E-state index < -0.39 is 75.4 Å². The Morgan fingerprint density at radius 2 is 1.74 bits per heavy atom. The lowest BCUT2D eigenvalue weighted by Gasteiger charge is -2.49. The molecule has 15 heteroatoms. The summed E-state index contributed by atoms with van der Waals surface area (Å²) in [6.07, 6.45) is 2.45. The highest BCUT2D eigenvalue weighted by molar-refractivity contribution is 7.85. The van der Waals surface area contributed by atoms with Crippen molar-refractivity contribution in [2.75, 3.05) is 26.0 Å². The van der Waals surface area contributed by atoms with Crippen LogP contribution < -0.4 is 5.32 Å². The van der Waals surface area contributed by atoms with Crippen molar-refractivity contribution in [2.24, 2.45) is 35.5 Å². The highest BCUT2D eigenvalue weighted by atomic mass is 32.2. The SMILES string of the molecule is CC[C@@]1([C@@H]2O[C@@H]([C@H]3O[C@@](O)(CO)[C@H](C)C[C@@H]3C)C[C@@H]2C)CC[C@H]([C@]2(C)CC[C@]3(C[C@H](O)[C@@H](C)[C@@H]([C@@H](C)[C@@H](OC)[C@H](C)C(=O)NCCS(=O)(=O)O)O3)O2)O1. The number of aliphatic hydroxyl groups is 3. The van der Waals surface area contributed by atoms with E-state index >= 15 is 0 Å². The van der Waals surface area contributed by atoms with Gasteiger partial charge in [0.25, 0.3) is 10.1 Å². The summed E-state index contributed by atoms with van der Waals surface area (Å²) in [4.78, 5) is 13.0. The fourth-order valence-electron chi connectivity index (χ4n) is 10.4. The van der Waals surface area contributed by atoms with Crippen LogP contribution in [0, 0.1) is 35.5 Å². The van der Waals surface area contributed by atoms with E-state index in [0.717, 1.165) is 32.1 Å². The highest BCUT2D eigenvalue weighted by Gasteiger charge is 2.62. The summed E-state index contributed by atoms with van der Waals surface area (Å²) in [5.74, 6) is -4.81. The maximum atomic E-state index is 13.0. The minimum atomic E-state index is -4.22. The lowest BCUT2D eigenvalue weighted by atomic mass is 9.78. The standard InChI is InChI=1S/C38H67NO13S/c1-10-36(33-22(3)18-28(48-33)30-21(2)17-23(4)38(43,20-40)51-30)12-11-29(49-36)35(8)13-14-37(52-35)19-27(41)24(5)32(50-37)25(6)31(47-9)26(7)34(42)39-15-16-53(44,45)46/h21-33,40-41,43H,10-20H2,1-9H3,(H,39,42)(H,44,45,46)/t21-,22-,23+,24+,25-,26-,27-,28+,29+,30-,31+,32-,33+,35-,36-,37+,38-/m0/s1. The minimum Gasteiger partial charge on any atom is -0.393 e. The second-order valence-corrected chi connectivity index (χ2v) is 19.1. The zero-order chi connectivity index (χ0) is 39.3. The summed E-state index contributed by atoms with van der Waals surface area (Å²) < 4.78 is 71.1. The monoisotopic (exact) mass is 777 g/mol. The van der Waals surface area contributed by atoms with Crippen molar-refractivity contribution >= 4 is 16.0 Å². The third-order valence-electron chi connectivity index (χ3n) is 13.7. The molecule has 0 aromatic heterocycles. The number of hydrogen-bond acceptors (Lipinski definition) is 12. The molecule has 5 fully saturated rings. The number of aliphatic hydroxyl groups excluding tert-OH is 2. The van der Waals surface area contributed by atoms with Crippen LogP contribution in [0.3, 0.4) is 0 Å². The molecule has 0 radical (unpaired) electrons. The molecule has 0 bridgehead atoms. The molecule has 5 N–H and O–H groups in total. The minimum absolute atomic E-state index is 0.155. The van der Waals surface area contributed by atoms with E-state index in [1.807, 2.05) is 20.8 Å². The summed E-state index contributed by atoms with van der Waals surface area (Å²) in [5.41, 5.74) is -1.23. The van der Waals surface area contributed by atoms with Gasteiger partial charge in [-0.15, -0.1) is 0 Å². The molecule has 5 aliphatic rings. The van der Waals surface area contributed by atoms with Gasteiger partial charge in [-0.3, -0.25) is 9.35 Å². The normalized spacial score (nSPS) is 46.7. The Kier molecular flexibility index (Phi) is 13.1. The van der Waals surface area contributed by atoms with Gasteiger partial charge in [-0.25, -0.2) is 0 Å². The van der Waals surface area contributed by atoms with Gasteiger partial charge >= 0.3 is 0 Å². The Bertz CT molecular complexity index is 1390. The first-order valence-corrected chi connectivity index (χ1v) is 21.4. The van der Waals surface area contributed by atoms with Gasteiger partial charge in [-0.1, -0.05) is 48.5 Å². The second-order valence-electron chi connectivity index (χ2n) is 17.5. The predicted molar refractivity (Wildman–Crippen MR) is 194 cm³/mol. The van der Waals surface area contributed by atoms with Crippen LogP contribution in [0.15, 0.2) is 0 Å². The van der Waals surface area contributed by atoms with Gasteiger partial charge in [0, 0.05) is 44.2 Å². The second kappa shape index (κ2) is 16.1. The van der Waals surface area contributed by atoms with Crippen LogP contribution >= 0.6 is 0 Å². The van der Waals surface area contributed by atoms with E-state index in [9.17, 15) is 28.5 Å². The lowest BCUT2D eigenvalue weighted by molar-refractivity contribution is -0.336. The number of methoxy groups -OCH3 is 1. The number of carbonyl (C=O) groups excluding carboxylic acids is 1. The summed E-state index contributed by atoms with van der Waals surface area (Å²) >= 11 is 0. The van der Waals surface area contributed by atoms with Gasteiger partial charge in [0.2, 0.25) is 5.91 Å². The first-order chi connectivity index (χ1) is 24.7. The van der Waals surface area contributed by atoms with Gasteiger partial charge in [0.15, 0.2) is 11.6 Å². The van der Waals surface area contributed by atoms with E-state index in [4.69, 9.17) is 33.0 Å². The van der Waals surface area contributed by atoms with Crippen molar-refractivity contribution in [3.63, 3.8) is 0 Å². The molecule has 5 heterocycles. The molecule has 1 amide bonds. The summed E-state index contributed by atoms with van der Waals surface area (Å²) in [5, 5.41) is 34.9. The molecular weight excluding hydrogens is 710 g/mol. The Morgan fingerprint density at radius 1 is 1.04 bits per heavy atom. The predicted octanol–water partition coefficient (Wildman–Crippen LogP) is 3.19. The molecule has 308 valence electrons. The maximum absolute atomic E-state index is 13.0. The van der Waals surface area contributed by atoms with Crippen molar-refractivity contribution < 1.29 is 61.5 Å². The largest absolute Gasteiger partial charge is 0.393 e. The molecule has 1 spiro atoms. The Morgan fingerprint density at radius 3 is 2.36 bits per heavy atom. The number of carbonyl (C=O) groups is 1. The number of rotatable bonds is 13. The van der Waals surface area contributed by atoms with Gasteiger partial charge < -0.3 is 49.1 Å². The molecule has 0 saturated carbocycles. The van der Waals surface area contributed by atoms with Crippen LogP contribution in [0.1, 0.15) is 107 Å². The highest BCUT2D eigenvalue weighted by Crippen LogP contribution is 2.55. The Labute approximate surface area is 316 Å². The third kappa shape index (κ3) is 8.65. The van der Waals surface area contributed by atoms with E-state index in [-0.39, 0.29) is 60.6 Å². The first-order valence-electron chi connectivity index (χ1n) is 19.8. The molecular formula is C38H67NO13S. The van der Waals surface area contributed by atoms with Crippen LogP contribution in [0.5, 0.6) is 0 Å². The van der Waals surface area contributed by atoms with E-state index in [0.29, 0.717) is 19.3 Å². The Balaban J connectivity index is 1.26. The van der Waals surface area contributed by atoms with Crippen LogP contribution in [0.4, 0.5) is 0 Å². The van der Waals surface area contributed by atoms with Crippen LogP contribution in [0.2, 0.25) is 0 Å². The number of hydrogen-bond donors (Lipinski definition) is 5. The fourth-order valence-corrected chi connectivity index (χ4v) is 10.7. The number of nitrogens with one attached hydrogen (secondary N) is 1. The van der Waals surface area contributed by atoms with Gasteiger partial charge in [0.1, 0.15) is 0 Å². The molecule has 14 nitrogen and oxygen atoms in total. The summed E-state index contributed by atoms with van der Waals surface area (Å²) in [7, 11) is -2.71. The lowest BCUT2D eigenvalue weighted by Crippen LogP contribution is -2.57. The van der Waals surface area contributed by atoms with Crippen molar-refractivity contribution in [1.29, 1.82) is 0 Å². The Hall–Kier alpha value is -0.980. The van der Waals surface area contributed by atoms with E-state index in [1.165, 1.54) is 7.11 Å². The van der Waals surface area contributed by atoms with Crippen molar-refractivity contribution in [2.45, 2.75) is 172 Å². The van der Waals surface area contributed by atoms with Crippen LogP contribution in [-0.2, 0) is 43.3 Å². The zero-order valence-electron chi connectivity index (χ0n) is 33.2. The van der Waals surface area contributed by atoms with Crippen molar-refractivity contribution in [3.8, 4) is 0 Å².